The first-order valence-corrected chi connectivity index (χ1v) is 14.3. The number of aliphatic imine (C=N–C) groups is 2. The Kier molecular flexibility index (Phi) is 7.37. The molecule has 1 aliphatic rings. The molecular weight excluding hydrogens is 500 g/mol. The lowest BCUT2D eigenvalue weighted by molar-refractivity contribution is 0.0969. The van der Waals surface area contributed by atoms with E-state index in [4.69, 9.17) is 0 Å². The fourth-order valence-corrected chi connectivity index (χ4v) is 6.41. The van der Waals surface area contributed by atoms with Crippen molar-refractivity contribution in [2.24, 2.45) is 9.98 Å². The van der Waals surface area contributed by atoms with Crippen molar-refractivity contribution in [3.63, 3.8) is 0 Å². The van der Waals surface area contributed by atoms with Crippen molar-refractivity contribution in [3.8, 4) is 0 Å². The largest absolute Gasteiger partial charge is 0.292 e. The summed E-state index contributed by atoms with van der Waals surface area (Å²) in [7, 11) is -7.91. The molecule has 0 bridgehead atoms. The van der Waals surface area contributed by atoms with Crippen molar-refractivity contribution in [2.75, 3.05) is 24.6 Å². The van der Waals surface area contributed by atoms with Gasteiger partial charge < -0.3 is 0 Å². The van der Waals surface area contributed by atoms with Gasteiger partial charge in [-0.3, -0.25) is 19.6 Å². The lowest BCUT2D eigenvalue weighted by Crippen LogP contribution is -2.32. The molecule has 0 N–H and O–H groups in total. The predicted molar refractivity (Wildman–Crippen MR) is 137 cm³/mol. The quantitative estimate of drug-likeness (QED) is 0.490. The van der Waals surface area contributed by atoms with Crippen molar-refractivity contribution in [3.05, 3.63) is 96.1 Å². The highest BCUT2D eigenvalue weighted by molar-refractivity contribution is 7.93. The minimum absolute atomic E-state index is 0.0165. The molecule has 0 aromatic heterocycles. The third kappa shape index (κ3) is 5.72. The van der Waals surface area contributed by atoms with Gasteiger partial charge in [0.2, 0.25) is 0 Å². The van der Waals surface area contributed by atoms with Crippen LogP contribution in [0, 0.1) is 0 Å². The number of ketones is 2. The molecule has 0 amide bonds. The summed E-state index contributed by atoms with van der Waals surface area (Å²) in [5, 5.41) is 0. The van der Waals surface area contributed by atoms with Crippen LogP contribution >= 0.6 is 0 Å². The molecule has 0 aliphatic carbocycles. The van der Waals surface area contributed by atoms with Crippen LogP contribution in [0.4, 0.5) is 0 Å². The molecule has 0 radical (unpaired) electrons. The summed E-state index contributed by atoms with van der Waals surface area (Å²) < 4.78 is 52.6. The summed E-state index contributed by atoms with van der Waals surface area (Å²) in [5.74, 6) is -2.33. The van der Waals surface area contributed by atoms with Gasteiger partial charge in [-0.15, -0.1) is 0 Å². The highest BCUT2D eigenvalue weighted by atomic mass is 32.2. The van der Waals surface area contributed by atoms with E-state index in [2.05, 4.69) is 9.98 Å². The van der Waals surface area contributed by atoms with Crippen LogP contribution in [-0.4, -0.2) is 64.4 Å². The van der Waals surface area contributed by atoms with Gasteiger partial charge in [-0.1, -0.05) is 60.7 Å². The lowest BCUT2D eigenvalue weighted by atomic mass is 9.99. The number of fused-ring (bicyclic) bond motifs is 1. The maximum atomic E-state index is 13.1. The van der Waals surface area contributed by atoms with Crippen LogP contribution in [0.1, 0.15) is 20.7 Å². The van der Waals surface area contributed by atoms with Crippen molar-refractivity contribution >= 4 is 42.7 Å². The Morgan fingerprint density at radius 1 is 0.528 bits per heavy atom. The topological polar surface area (TPSA) is 127 Å². The van der Waals surface area contributed by atoms with E-state index in [1.54, 1.807) is 48.5 Å². The molecule has 1 aliphatic heterocycles. The van der Waals surface area contributed by atoms with Gasteiger partial charge >= 0.3 is 0 Å². The predicted octanol–water partition coefficient (Wildman–Crippen LogP) is 2.90. The minimum atomic E-state index is -3.96. The number of Topliss-reactive ketones (excluding diaryl/α,β-unsaturated/α-hetero) is 2. The van der Waals surface area contributed by atoms with Crippen LogP contribution < -0.4 is 0 Å². The first kappa shape index (κ1) is 25.3. The van der Waals surface area contributed by atoms with E-state index in [1.807, 2.05) is 0 Å². The number of sulfone groups is 2. The normalized spacial score (nSPS) is 15.0. The summed E-state index contributed by atoms with van der Waals surface area (Å²) >= 11 is 0. The fraction of sp³-hybridized carbons (Fsp3) is 0.154. The molecule has 36 heavy (non-hydrogen) atoms. The number of carbonyl (C=O) groups is 2. The van der Waals surface area contributed by atoms with Crippen molar-refractivity contribution in [1.82, 2.24) is 0 Å². The van der Waals surface area contributed by atoms with Crippen molar-refractivity contribution < 1.29 is 26.4 Å². The Hall–Kier alpha value is -3.76. The molecular formula is C26H22N2O6S2. The van der Waals surface area contributed by atoms with Gasteiger partial charge in [-0.05, 0) is 24.3 Å². The Bertz CT molecular complexity index is 1460. The molecule has 1 heterocycles. The average molecular weight is 523 g/mol. The number of benzene rings is 3. The van der Waals surface area contributed by atoms with E-state index >= 15 is 0 Å². The summed E-state index contributed by atoms with van der Waals surface area (Å²) in [4.78, 5) is 34.3. The molecule has 184 valence electrons. The van der Waals surface area contributed by atoms with Gasteiger partial charge in [0.25, 0.3) is 0 Å². The molecule has 8 nitrogen and oxygen atoms in total. The molecule has 4 rings (SSSR count). The number of carbonyl (C=O) groups excluding carboxylic acids is 2. The average Bonchev–Trinajstić information content (AvgIpc) is 2.89. The molecule has 0 fully saturated rings. The van der Waals surface area contributed by atoms with Crippen LogP contribution in [0.25, 0.3) is 0 Å². The number of hydrogen-bond donors (Lipinski definition) is 0. The van der Waals surface area contributed by atoms with E-state index in [-0.39, 0.29) is 32.3 Å². The third-order valence-electron chi connectivity index (χ3n) is 5.55. The van der Waals surface area contributed by atoms with E-state index in [0.29, 0.717) is 0 Å². The number of rotatable bonds is 6. The standard InChI is InChI=1S/C26H22N2O6S2/c29-25-15-27-23(17-35(31,32)19-9-3-1-4-10-19)24(18-36(33,34)20-11-5-2-6-12-20)28-16-26(30)22-14-8-7-13-21(22)25/h1-14H,15-18H2. The van der Waals surface area contributed by atoms with Gasteiger partial charge in [0.1, 0.15) is 13.1 Å². The maximum Gasteiger partial charge on any atom is 0.184 e. The summed E-state index contributed by atoms with van der Waals surface area (Å²) in [6.07, 6.45) is 0. The highest BCUT2D eigenvalue weighted by Crippen LogP contribution is 2.17. The summed E-state index contributed by atoms with van der Waals surface area (Å²) in [5.41, 5.74) is -0.0167. The molecule has 0 saturated carbocycles. The van der Waals surface area contributed by atoms with Gasteiger partial charge in [0.05, 0.1) is 32.7 Å². The first-order chi connectivity index (χ1) is 17.2. The fourth-order valence-electron chi connectivity index (χ4n) is 3.70. The second-order valence-corrected chi connectivity index (χ2v) is 12.0. The van der Waals surface area contributed by atoms with Crippen LogP contribution in [0.3, 0.4) is 0 Å². The molecule has 0 unspecified atom stereocenters. The molecule has 3 aromatic rings. The lowest BCUT2D eigenvalue weighted by Gasteiger charge is -2.15. The van der Waals surface area contributed by atoms with E-state index < -0.39 is 55.8 Å². The van der Waals surface area contributed by atoms with Crippen LogP contribution in [-0.2, 0) is 19.7 Å². The van der Waals surface area contributed by atoms with Gasteiger partial charge in [0, 0.05) is 11.1 Å². The zero-order valence-electron chi connectivity index (χ0n) is 19.1. The molecule has 0 saturated heterocycles. The summed E-state index contributed by atoms with van der Waals surface area (Å²) in [6.45, 7) is -0.928. The zero-order chi connectivity index (χ0) is 25.8. The van der Waals surface area contributed by atoms with E-state index in [0.717, 1.165) is 0 Å². The Balaban J connectivity index is 1.80. The van der Waals surface area contributed by atoms with Crippen LogP contribution in [0.5, 0.6) is 0 Å². The Labute approximate surface area is 209 Å². The molecule has 3 aromatic carbocycles. The zero-order valence-corrected chi connectivity index (χ0v) is 20.7. The number of nitrogens with zero attached hydrogens (tertiary/aromatic N) is 2. The van der Waals surface area contributed by atoms with Crippen LogP contribution in [0.15, 0.2) is 105 Å². The SMILES string of the molecule is O=C1CN=C(CS(=O)(=O)c2ccccc2)C(CS(=O)(=O)c2ccccc2)=NCC(=O)c2ccccc21. The van der Waals surface area contributed by atoms with E-state index in [1.165, 1.54) is 36.4 Å². The minimum Gasteiger partial charge on any atom is -0.292 e. The van der Waals surface area contributed by atoms with Gasteiger partial charge in [-0.2, -0.15) is 0 Å². The smallest absolute Gasteiger partial charge is 0.184 e. The molecule has 0 atom stereocenters. The second kappa shape index (κ2) is 10.5. The van der Waals surface area contributed by atoms with Crippen molar-refractivity contribution in [2.45, 2.75) is 9.79 Å². The van der Waals surface area contributed by atoms with Crippen molar-refractivity contribution in [1.29, 1.82) is 0 Å². The van der Waals surface area contributed by atoms with Gasteiger partial charge in [-0.25, -0.2) is 16.8 Å². The number of hydrogen-bond acceptors (Lipinski definition) is 8. The second-order valence-electron chi connectivity index (χ2n) is 8.06. The highest BCUT2D eigenvalue weighted by Gasteiger charge is 2.27. The third-order valence-corrected chi connectivity index (χ3v) is 8.83. The summed E-state index contributed by atoms with van der Waals surface area (Å²) in [6, 6.07) is 21.5. The van der Waals surface area contributed by atoms with Crippen LogP contribution in [0.2, 0.25) is 0 Å². The molecule has 0 spiro atoms. The maximum absolute atomic E-state index is 13.1. The Morgan fingerprint density at radius 3 is 1.22 bits per heavy atom. The Morgan fingerprint density at radius 2 is 0.861 bits per heavy atom. The monoisotopic (exact) mass is 522 g/mol. The van der Waals surface area contributed by atoms with E-state index in [9.17, 15) is 26.4 Å². The first-order valence-electron chi connectivity index (χ1n) is 11.0. The van der Waals surface area contributed by atoms with Gasteiger partial charge in [0.15, 0.2) is 31.2 Å². The molecule has 10 heteroatoms.